The van der Waals surface area contributed by atoms with Crippen molar-refractivity contribution in [1.29, 1.82) is 0 Å². The van der Waals surface area contributed by atoms with Crippen molar-refractivity contribution < 1.29 is 0 Å². The molecule has 2 nitrogen and oxygen atoms in total. The van der Waals surface area contributed by atoms with Crippen molar-refractivity contribution in [2.24, 2.45) is 11.7 Å². The number of hydrogen-bond acceptors (Lipinski definition) is 2. The third-order valence-corrected chi connectivity index (χ3v) is 5.21. The van der Waals surface area contributed by atoms with Crippen molar-refractivity contribution in [2.45, 2.75) is 77.3 Å². The highest BCUT2D eigenvalue weighted by Crippen LogP contribution is 2.40. The van der Waals surface area contributed by atoms with Crippen molar-refractivity contribution in [3.05, 3.63) is 0 Å². The summed E-state index contributed by atoms with van der Waals surface area (Å²) in [5, 5.41) is 0. The molecular formula is C15H32N2. The summed E-state index contributed by atoms with van der Waals surface area (Å²) in [6.07, 6.45) is 9.19. The molecule has 0 aromatic heterocycles. The number of likely N-dealkylation sites (N-methyl/N-ethyl adjacent to an activating group) is 1. The summed E-state index contributed by atoms with van der Waals surface area (Å²) in [5.74, 6) is 0.798. The number of hydrogen-bond donors (Lipinski definition) is 1. The summed E-state index contributed by atoms with van der Waals surface area (Å²) in [4.78, 5) is 2.64. The Bertz CT molecular complexity index is 213. The molecule has 2 atom stereocenters. The van der Waals surface area contributed by atoms with Crippen LogP contribution < -0.4 is 5.73 Å². The van der Waals surface area contributed by atoms with Crippen LogP contribution in [0.1, 0.15) is 65.7 Å². The Balaban J connectivity index is 2.90. The van der Waals surface area contributed by atoms with Crippen LogP contribution in [-0.2, 0) is 0 Å². The molecule has 2 N–H and O–H groups in total. The van der Waals surface area contributed by atoms with Crippen LogP contribution in [0.4, 0.5) is 0 Å². The lowest BCUT2D eigenvalue weighted by Crippen LogP contribution is -2.61. The van der Waals surface area contributed by atoms with Crippen LogP contribution in [0, 0.1) is 5.92 Å². The fourth-order valence-corrected chi connectivity index (χ4v) is 3.96. The van der Waals surface area contributed by atoms with Gasteiger partial charge in [0.2, 0.25) is 0 Å². The van der Waals surface area contributed by atoms with Gasteiger partial charge in [-0.1, -0.05) is 40.0 Å². The van der Waals surface area contributed by atoms with Crippen LogP contribution in [0.5, 0.6) is 0 Å². The van der Waals surface area contributed by atoms with Crippen LogP contribution in [0.15, 0.2) is 0 Å². The Morgan fingerprint density at radius 1 is 1.24 bits per heavy atom. The zero-order valence-corrected chi connectivity index (χ0v) is 12.3. The third-order valence-electron chi connectivity index (χ3n) is 5.21. The molecule has 0 heterocycles. The molecule has 0 aromatic carbocycles. The molecule has 2 unspecified atom stereocenters. The molecule has 0 aromatic rings. The molecule has 1 rings (SSSR count). The molecule has 1 saturated carbocycles. The fourth-order valence-electron chi connectivity index (χ4n) is 3.96. The SMILES string of the molecule is CCC(CC)N(C)C1(CN)CCCCC1CC. The fraction of sp³-hybridized carbons (Fsp3) is 1.00. The van der Waals surface area contributed by atoms with E-state index in [0.717, 1.165) is 12.5 Å². The Hall–Kier alpha value is -0.0800. The van der Waals surface area contributed by atoms with Gasteiger partial charge in [-0.2, -0.15) is 0 Å². The molecule has 0 spiro atoms. The lowest BCUT2D eigenvalue weighted by molar-refractivity contribution is -0.00851. The van der Waals surface area contributed by atoms with Gasteiger partial charge in [0.25, 0.3) is 0 Å². The number of nitrogens with two attached hydrogens (primary N) is 1. The molecule has 1 aliphatic carbocycles. The van der Waals surface area contributed by atoms with Gasteiger partial charge in [0.15, 0.2) is 0 Å². The third kappa shape index (κ3) is 2.85. The van der Waals surface area contributed by atoms with E-state index in [1.165, 1.54) is 44.9 Å². The van der Waals surface area contributed by atoms with Gasteiger partial charge in [0, 0.05) is 18.1 Å². The van der Waals surface area contributed by atoms with Crippen molar-refractivity contribution in [1.82, 2.24) is 4.90 Å². The lowest BCUT2D eigenvalue weighted by atomic mass is 9.70. The highest BCUT2D eigenvalue weighted by Gasteiger charge is 2.43. The first-order chi connectivity index (χ1) is 8.16. The highest BCUT2D eigenvalue weighted by molar-refractivity contribution is 5.00. The Kier molecular flexibility index (Phi) is 5.94. The van der Waals surface area contributed by atoms with Crippen LogP contribution in [0.2, 0.25) is 0 Å². The van der Waals surface area contributed by atoms with Gasteiger partial charge in [-0.15, -0.1) is 0 Å². The maximum absolute atomic E-state index is 6.21. The average molecular weight is 240 g/mol. The monoisotopic (exact) mass is 240 g/mol. The molecule has 1 aliphatic rings. The first-order valence-electron chi connectivity index (χ1n) is 7.59. The zero-order chi connectivity index (χ0) is 12.9. The summed E-state index contributed by atoms with van der Waals surface area (Å²) >= 11 is 0. The van der Waals surface area contributed by atoms with Crippen LogP contribution in [0.3, 0.4) is 0 Å². The van der Waals surface area contributed by atoms with E-state index in [-0.39, 0.29) is 5.54 Å². The van der Waals surface area contributed by atoms with Gasteiger partial charge in [0.1, 0.15) is 0 Å². The van der Waals surface area contributed by atoms with Gasteiger partial charge in [0.05, 0.1) is 0 Å². The van der Waals surface area contributed by atoms with Gasteiger partial charge in [-0.3, -0.25) is 4.90 Å². The minimum atomic E-state index is 0.281. The average Bonchev–Trinajstić information content (AvgIpc) is 2.39. The summed E-state index contributed by atoms with van der Waals surface area (Å²) in [6, 6.07) is 0.700. The predicted octanol–water partition coefficient (Wildman–Crippen LogP) is 3.40. The maximum atomic E-state index is 6.21. The van der Waals surface area contributed by atoms with Crippen molar-refractivity contribution in [2.75, 3.05) is 13.6 Å². The standard InChI is InChI=1S/C15H32N2/c1-5-13-10-8-9-11-15(13,12-16)17(4)14(6-2)7-3/h13-14H,5-12,16H2,1-4H3. The largest absolute Gasteiger partial charge is 0.329 e. The molecule has 2 heteroatoms. The molecule has 0 amide bonds. The van der Waals surface area contributed by atoms with E-state index in [1.807, 2.05) is 0 Å². The number of rotatable bonds is 6. The first-order valence-corrected chi connectivity index (χ1v) is 7.59. The van der Waals surface area contributed by atoms with Crippen LogP contribution >= 0.6 is 0 Å². The maximum Gasteiger partial charge on any atom is 0.0359 e. The van der Waals surface area contributed by atoms with E-state index >= 15 is 0 Å². The molecule has 0 aliphatic heterocycles. The summed E-state index contributed by atoms with van der Waals surface area (Å²) in [6.45, 7) is 7.77. The molecule has 17 heavy (non-hydrogen) atoms. The van der Waals surface area contributed by atoms with Gasteiger partial charge in [-0.25, -0.2) is 0 Å². The molecule has 0 radical (unpaired) electrons. The van der Waals surface area contributed by atoms with E-state index in [1.54, 1.807) is 0 Å². The first kappa shape index (κ1) is 15.0. The minimum absolute atomic E-state index is 0.281. The Morgan fingerprint density at radius 2 is 1.88 bits per heavy atom. The van der Waals surface area contributed by atoms with Gasteiger partial charge < -0.3 is 5.73 Å². The lowest BCUT2D eigenvalue weighted by Gasteiger charge is -2.52. The second-order valence-electron chi connectivity index (χ2n) is 5.74. The van der Waals surface area contributed by atoms with Crippen molar-refractivity contribution in [3.8, 4) is 0 Å². The van der Waals surface area contributed by atoms with Gasteiger partial charge in [-0.05, 0) is 38.6 Å². The van der Waals surface area contributed by atoms with Crippen LogP contribution in [-0.4, -0.2) is 30.1 Å². The molecule has 0 bridgehead atoms. The minimum Gasteiger partial charge on any atom is -0.329 e. The molecule has 0 saturated heterocycles. The normalized spacial score (nSPS) is 30.2. The molecular weight excluding hydrogens is 208 g/mol. The van der Waals surface area contributed by atoms with E-state index in [9.17, 15) is 0 Å². The topological polar surface area (TPSA) is 29.3 Å². The van der Waals surface area contributed by atoms with Crippen LogP contribution in [0.25, 0.3) is 0 Å². The van der Waals surface area contributed by atoms with E-state index in [0.29, 0.717) is 6.04 Å². The molecule has 102 valence electrons. The second kappa shape index (κ2) is 6.75. The van der Waals surface area contributed by atoms with Gasteiger partial charge >= 0.3 is 0 Å². The Labute approximate surface area is 108 Å². The van der Waals surface area contributed by atoms with E-state index in [2.05, 4.69) is 32.7 Å². The predicted molar refractivity (Wildman–Crippen MR) is 76.2 cm³/mol. The number of nitrogens with zero attached hydrogens (tertiary/aromatic N) is 1. The second-order valence-corrected chi connectivity index (χ2v) is 5.74. The highest BCUT2D eigenvalue weighted by atomic mass is 15.2. The van der Waals surface area contributed by atoms with Crippen molar-refractivity contribution in [3.63, 3.8) is 0 Å². The zero-order valence-electron chi connectivity index (χ0n) is 12.3. The quantitative estimate of drug-likeness (QED) is 0.771. The van der Waals surface area contributed by atoms with E-state index < -0.39 is 0 Å². The summed E-state index contributed by atoms with van der Waals surface area (Å²) in [7, 11) is 2.32. The smallest absolute Gasteiger partial charge is 0.0359 e. The summed E-state index contributed by atoms with van der Waals surface area (Å²) < 4.78 is 0. The van der Waals surface area contributed by atoms with E-state index in [4.69, 9.17) is 5.73 Å². The summed E-state index contributed by atoms with van der Waals surface area (Å²) in [5.41, 5.74) is 6.49. The Morgan fingerprint density at radius 3 is 2.35 bits per heavy atom. The molecule has 1 fully saturated rings. The van der Waals surface area contributed by atoms with Crippen molar-refractivity contribution >= 4 is 0 Å².